The minimum absolute atomic E-state index is 0.124. The zero-order chi connectivity index (χ0) is 31.9. The van der Waals surface area contributed by atoms with E-state index in [0.29, 0.717) is 26.2 Å². The minimum atomic E-state index is -0.567. The smallest absolute Gasteiger partial charge is 0.410 e. The third-order valence-electron chi connectivity index (χ3n) is 9.96. The second-order valence-electron chi connectivity index (χ2n) is 14.9. The number of aliphatic imine (C=N–C) groups is 1. The van der Waals surface area contributed by atoms with Crippen LogP contribution in [0.3, 0.4) is 0 Å². The van der Waals surface area contributed by atoms with Gasteiger partial charge < -0.3 is 23.7 Å². The van der Waals surface area contributed by atoms with Crippen LogP contribution in [0.15, 0.2) is 47.5 Å². The van der Waals surface area contributed by atoms with E-state index in [0.717, 1.165) is 51.0 Å². The van der Waals surface area contributed by atoms with Crippen LogP contribution < -0.4 is 4.74 Å². The lowest BCUT2D eigenvalue weighted by Crippen LogP contribution is -2.43. The van der Waals surface area contributed by atoms with Crippen LogP contribution in [0.1, 0.15) is 77.9 Å². The van der Waals surface area contributed by atoms with E-state index in [1.807, 2.05) is 25.7 Å². The van der Waals surface area contributed by atoms with Crippen molar-refractivity contribution in [3.05, 3.63) is 59.2 Å². The van der Waals surface area contributed by atoms with Crippen LogP contribution in [0.25, 0.3) is 21.9 Å². The lowest BCUT2D eigenvalue weighted by atomic mass is 9.90. The largest absolute Gasteiger partial charge is 0.488 e. The molecule has 0 aromatic heterocycles. The summed E-state index contributed by atoms with van der Waals surface area (Å²) in [6.45, 7) is 15.7. The van der Waals surface area contributed by atoms with Gasteiger partial charge in [-0.1, -0.05) is 18.2 Å². The fourth-order valence-electron chi connectivity index (χ4n) is 6.99. The first-order chi connectivity index (χ1) is 21.2. The van der Waals surface area contributed by atoms with Gasteiger partial charge in [0.2, 0.25) is 0 Å². The van der Waals surface area contributed by atoms with Crippen LogP contribution in [-0.2, 0) is 32.0 Å². The quantitative estimate of drug-likeness (QED) is 0.298. The summed E-state index contributed by atoms with van der Waals surface area (Å²) < 4.78 is 30.2. The highest BCUT2D eigenvalue weighted by molar-refractivity contribution is 6.06. The van der Waals surface area contributed by atoms with Crippen LogP contribution in [0, 0.1) is 5.92 Å². The van der Waals surface area contributed by atoms with E-state index < -0.39 is 23.1 Å². The van der Waals surface area contributed by atoms with E-state index in [-0.39, 0.29) is 18.1 Å². The predicted octanol–water partition coefficient (Wildman–Crippen LogP) is 7.90. The Hall–Kier alpha value is -3.46. The van der Waals surface area contributed by atoms with E-state index in [2.05, 4.69) is 70.2 Å². The second-order valence-corrected chi connectivity index (χ2v) is 14.9. The summed E-state index contributed by atoms with van der Waals surface area (Å²) in [4.78, 5) is 20.2. The molecule has 0 unspecified atom stereocenters. The number of ether oxygens (including phenoxy) is 5. The Morgan fingerprint density at radius 3 is 2.49 bits per heavy atom. The van der Waals surface area contributed by atoms with Gasteiger partial charge in [0, 0.05) is 42.8 Å². The van der Waals surface area contributed by atoms with Gasteiger partial charge in [0.15, 0.2) is 6.29 Å². The molecule has 8 heteroatoms. The Bertz CT molecular complexity index is 1700. The van der Waals surface area contributed by atoms with Gasteiger partial charge in [-0.05, 0) is 107 Å². The number of hydrogen-bond donors (Lipinski definition) is 0. The summed E-state index contributed by atoms with van der Waals surface area (Å²) >= 11 is 0. The molecular weight excluding hydrogens is 568 g/mol. The topological polar surface area (TPSA) is 78.8 Å². The Morgan fingerprint density at radius 2 is 1.78 bits per heavy atom. The fraction of sp³-hybridized carbons (Fsp3) is 0.514. The molecule has 0 spiro atoms. The zero-order valence-electron chi connectivity index (χ0n) is 27.7. The molecular formula is C37H44N2O6. The number of carbonyl (C=O) groups is 1. The maximum atomic E-state index is 13.3. The molecule has 0 bridgehead atoms. The normalized spacial score (nSPS) is 23.4. The average Bonchev–Trinajstić information content (AvgIpc) is 3.64. The van der Waals surface area contributed by atoms with Gasteiger partial charge in [0.1, 0.15) is 18.0 Å². The Balaban J connectivity index is 1.16. The van der Waals surface area contributed by atoms with Gasteiger partial charge in [-0.2, -0.15) is 0 Å². The van der Waals surface area contributed by atoms with Crippen molar-refractivity contribution in [1.82, 2.24) is 4.90 Å². The van der Waals surface area contributed by atoms with Crippen LogP contribution in [0.4, 0.5) is 10.5 Å². The van der Waals surface area contributed by atoms with E-state index in [1.54, 1.807) is 7.11 Å². The number of amides is 1. The van der Waals surface area contributed by atoms with Gasteiger partial charge in [0.25, 0.3) is 0 Å². The highest BCUT2D eigenvalue weighted by Gasteiger charge is 2.49. The Morgan fingerprint density at radius 1 is 1.02 bits per heavy atom. The summed E-state index contributed by atoms with van der Waals surface area (Å²) in [5.41, 5.74) is 6.15. The monoisotopic (exact) mass is 612 g/mol. The lowest BCUT2D eigenvalue weighted by molar-refractivity contribution is -0.0896. The number of carbonyl (C=O) groups excluding carboxylic acids is 1. The van der Waals surface area contributed by atoms with Gasteiger partial charge in [-0.3, -0.25) is 9.89 Å². The van der Waals surface area contributed by atoms with Gasteiger partial charge in [-0.15, -0.1) is 0 Å². The van der Waals surface area contributed by atoms with Crippen molar-refractivity contribution in [3.63, 3.8) is 0 Å². The Kier molecular flexibility index (Phi) is 7.08. The molecule has 0 radical (unpaired) electrons. The SMILES string of the molecule is COC[C@H]1C[C@@H](C2=Nc3ccc4cc5c(cc4c3C2)OCc2cc(C3OC(C)(C)C(C)(C)O3)ccc2-5)N(C(=O)OC(C)(C)C)C1. The van der Waals surface area contributed by atoms with Crippen LogP contribution in [0.2, 0.25) is 0 Å². The third kappa shape index (κ3) is 5.30. The molecule has 2 atom stereocenters. The summed E-state index contributed by atoms with van der Waals surface area (Å²) in [5.74, 6) is 1.11. The number of rotatable bonds is 4. The van der Waals surface area contributed by atoms with Crippen LogP contribution in [0.5, 0.6) is 5.75 Å². The molecule has 4 aliphatic heterocycles. The predicted molar refractivity (Wildman–Crippen MR) is 174 cm³/mol. The first kappa shape index (κ1) is 30.2. The van der Waals surface area contributed by atoms with Gasteiger partial charge in [0.05, 0.1) is 29.5 Å². The van der Waals surface area contributed by atoms with Gasteiger partial charge >= 0.3 is 6.09 Å². The molecule has 8 nitrogen and oxygen atoms in total. The number of likely N-dealkylation sites (tertiary alicyclic amines) is 1. The summed E-state index contributed by atoms with van der Waals surface area (Å²) in [5, 5.41) is 2.28. The van der Waals surface area contributed by atoms with E-state index in [9.17, 15) is 4.79 Å². The summed E-state index contributed by atoms with van der Waals surface area (Å²) in [6, 6.07) is 14.9. The number of benzene rings is 3. The van der Waals surface area contributed by atoms with Gasteiger partial charge in [-0.25, -0.2) is 4.79 Å². The first-order valence-corrected chi connectivity index (χ1v) is 16.0. The minimum Gasteiger partial charge on any atom is -0.488 e. The molecule has 45 heavy (non-hydrogen) atoms. The number of nitrogens with zero attached hydrogens (tertiary/aromatic N) is 2. The zero-order valence-corrected chi connectivity index (χ0v) is 27.7. The molecule has 1 amide bonds. The Labute approximate surface area is 265 Å². The standard InChI is InChI=1S/C37H44N2O6/c1-35(2,3)45-34(40)39-18-21(19-41-8)13-31(39)30-16-27-26-17-32-28(15-22(26)10-12-29(27)38-30)25-11-9-23(14-24(25)20-42-32)33-43-36(4,5)37(6,7)44-33/h9-12,14-15,17,21,31,33H,13,16,18-20H2,1-8H3/t21-,31-/m0/s1. The molecule has 3 aromatic rings. The number of fused-ring (bicyclic) bond motifs is 6. The molecule has 4 heterocycles. The lowest BCUT2D eigenvalue weighted by Gasteiger charge is -2.30. The van der Waals surface area contributed by atoms with Crippen molar-refractivity contribution in [2.45, 2.75) is 97.0 Å². The van der Waals surface area contributed by atoms with Crippen molar-refractivity contribution in [2.75, 3.05) is 20.3 Å². The molecule has 4 aliphatic rings. The molecule has 2 saturated heterocycles. The van der Waals surface area contributed by atoms with E-state index in [4.69, 9.17) is 28.7 Å². The van der Waals surface area contributed by atoms with Crippen molar-refractivity contribution in [3.8, 4) is 16.9 Å². The van der Waals surface area contributed by atoms with Crippen molar-refractivity contribution in [1.29, 1.82) is 0 Å². The van der Waals surface area contributed by atoms with Crippen molar-refractivity contribution >= 4 is 28.3 Å². The average molecular weight is 613 g/mol. The molecule has 0 aliphatic carbocycles. The molecule has 3 aromatic carbocycles. The van der Waals surface area contributed by atoms with Crippen molar-refractivity contribution < 1.29 is 28.5 Å². The number of methoxy groups -OCH3 is 1. The highest BCUT2D eigenvalue weighted by atomic mass is 16.7. The molecule has 238 valence electrons. The van der Waals surface area contributed by atoms with E-state index in [1.165, 1.54) is 11.1 Å². The highest BCUT2D eigenvalue weighted by Crippen LogP contribution is 2.48. The van der Waals surface area contributed by atoms with E-state index >= 15 is 0 Å². The van der Waals surface area contributed by atoms with Crippen molar-refractivity contribution in [2.24, 2.45) is 10.9 Å². The molecule has 0 N–H and O–H groups in total. The summed E-state index contributed by atoms with van der Waals surface area (Å²) in [7, 11) is 1.71. The van der Waals surface area contributed by atoms with Crippen LogP contribution in [-0.4, -0.2) is 59.8 Å². The maximum Gasteiger partial charge on any atom is 0.410 e. The number of hydrogen-bond acceptors (Lipinski definition) is 7. The van der Waals surface area contributed by atoms with Crippen LogP contribution >= 0.6 is 0 Å². The molecule has 7 rings (SSSR count). The third-order valence-corrected chi connectivity index (χ3v) is 9.96. The summed E-state index contributed by atoms with van der Waals surface area (Å²) in [6.07, 6.45) is 0.785. The second kappa shape index (κ2) is 10.5. The maximum absolute atomic E-state index is 13.3. The molecule has 2 fully saturated rings. The molecule has 0 saturated carbocycles. The first-order valence-electron chi connectivity index (χ1n) is 16.0. The fourth-order valence-corrected chi connectivity index (χ4v) is 6.99.